The van der Waals surface area contributed by atoms with E-state index in [1.807, 2.05) is 25.2 Å². The van der Waals surface area contributed by atoms with Gasteiger partial charge in [-0.25, -0.2) is 9.97 Å². The summed E-state index contributed by atoms with van der Waals surface area (Å²) >= 11 is 0. The first-order valence-corrected chi connectivity index (χ1v) is 8.57. The lowest BCUT2D eigenvalue weighted by molar-refractivity contribution is 0.00853. The maximum atomic E-state index is 10.2. The third-order valence-electron chi connectivity index (χ3n) is 5.18. The molecule has 2 fully saturated rings. The molecule has 0 unspecified atom stereocenters. The van der Waals surface area contributed by atoms with Crippen molar-refractivity contribution >= 4 is 5.95 Å². The number of aliphatic hydroxyl groups is 1. The van der Waals surface area contributed by atoms with E-state index in [0.29, 0.717) is 12.0 Å². The Morgan fingerprint density at radius 2 is 1.86 bits per heavy atom. The average molecular weight is 304 g/mol. The van der Waals surface area contributed by atoms with Gasteiger partial charge in [-0.05, 0) is 44.8 Å². The van der Waals surface area contributed by atoms with Crippen molar-refractivity contribution in [1.82, 2.24) is 14.9 Å². The highest BCUT2D eigenvalue weighted by Crippen LogP contribution is 2.31. The number of aliphatic hydroxyl groups excluding tert-OH is 1. The minimum Gasteiger partial charge on any atom is -0.391 e. The molecule has 0 spiro atoms. The molecule has 1 saturated carbocycles. The van der Waals surface area contributed by atoms with Crippen molar-refractivity contribution in [3.05, 3.63) is 18.0 Å². The summed E-state index contributed by atoms with van der Waals surface area (Å²) in [6.07, 6.45) is 8.59. The second-order valence-electron chi connectivity index (χ2n) is 6.91. The molecule has 1 saturated heterocycles. The van der Waals surface area contributed by atoms with E-state index in [-0.39, 0.29) is 6.10 Å². The molecule has 5 nitrogen and oxygen atoms in total. The van der Waals surface area contributed by atoms with Gasteiger partial charge < -0.3 is 10.0 Å². The second-order valence-corrected chi connectivity index (χ2v) is 6.91. The maximum Gasteiger partial charge on any atom is 0.224 e. The van der Waals surface area contributed by atoms with Gasteiger partial charge >= 0.3 is 0 Å². The molecular formula is C17H28N4O. The Balaban J connectivity index is 1.60. The van der Waals surface area contributed by atoms with Crippen molar-refractivity contribution in [2.45, 2.75) is 56.6 Å². The van der Waals surface area contributed by atoms with Gasteiger partial charge in [-0.2, -0.15) is 0 Å². The highest BCUT2D eigenvalue weighted by Gasteiger charge is 2.32. The standard InChI is InChI=1S/C17H28N4O/c1-20(2)17-18-10-7-14(19-17)13-8-11-21(12-9-13)15-5-3-4-6-16(15)22/h7,10,13,15-16,22H,3-6,8-9,11-12H2,1-2H3/t15-,16-/m0/s1. The highest BCUT2D eigenvalue weighted by molar-refractivity contribution is 5.28. The monoisotopic (exact) mass is 304 g/mol. The molecule has 2 atom stereocenters. The molecule has 3 rings (SSSR count). The van der Waals surface area contributed by atoms with Crippen LogP contribution in [0.1, 0.15) is 50.1 Å². The van der Waals surface area contributed by atoms with Crippen LogP contribution in [0.15, 0.2) is 12.3 Å². The number of likely N-dealkylation sites (tertiary alicyclic amines) is 1. The van der Waals surface area contributed by atoms with Gasteiger partial charge in [0.2, 0.25) is 5.95 Å². The van der Waals surface area contributed by atoms with Gasteiger partial charge in [0.15, 0.2) is 0 Å². The first-order chi connectivity index (χ1) is 10.6. The van der Waals surface area contributed by atoms with Crippen LogP contribution in [0.2, 0.25) is 0 Å². The van der Waals surface area contributed by atoms with Crippen LogP contribution in [-0.4, -0.2) is 59.3 Å². The number of anilines is 1. The van der Waals surface area contributed by atoms with E-state index >= 15 is 0 Å². The van der Waals surface area contributed by atoms with E-state index in [4.69, 9.17) is 4.98 Å². The summed E-state index contributed by atoms with van der Waals surface area (Å²) in [5.74, 6) is 1.32. The van der Waals surface area contributed by atoms with E-state index in [9.17, 15) is 5.11 Å². The van der Waals surface area contributed by atoms with E-state index in [2.05, 4.69) is 16.0 Å². The molecule has 22 heavy (non-hydrogen) atoms. The van der Waals surface area contributed by atoms with Crippen LogP contribution in [0.25, 0.3) is 0 Å². The minimum atomic E-state index is -0.121. The predicted molar refractivity (Wildman–Crippen MR) is 88.2 cm³/mol. The van der Waals surface area contributed by atoms with Crippen molar-refractivity contribution in [2.24, 2.45) is 0 Å². The fraction of sp³-hybridized carbons (Fsp3) is 0.765. The Morgan fingerprint density at radius 3 is 2.55 bits per heavy atom. The van der Waals surface area contributed by atoms with Crippen LogP contribution in [0, 0.1) is 0 Å². The Bertz CT molecular complexity index is 485. The summed E-state index contributed by atoms with van der Waals surface area (Å²) in [4.78, 5) is 13.5. The molecule has 2 aliphatic rings. The SMILES string of the molecule is CN(C)c1nccc(C2CCN([C@H]3CCCC[C@@H]3O)CC2)n1. The first-order valence-electron chi connectivity index (χ1n) is 8.57. The fourth-order valence-electron chi connectivity index (χ4n) is 3.85. The van der Waals surface area contributed by atoms with Crippen molar-refractivity contribution in [2.75, 3.05) is 32.1 Å². The number of aromatic nitrogens is 2. The second kappa shape index (κ2) is 6.92. The summed E-state index contributed by atoms with van der Waals surface area (Å²) in [7, 11) is 3.96. The van der Waals surface area contributed by atoms with Crippen LogP contribution >= 0.6 is 0 Å². The number of nitrogens with zero attached hydrogens (tertiary/aromatic N) is 4. The zero-order chi connectivity index (χ0) is 15.5. The van der Waals surface area contributed by atoms with Crippen molar-refractivity contribution in [3.8, 4) is 0 Å². The zero-order valence-corrected chi connectivity index (χ0v) is 13.8. The Hall–Kier alpha value is -1.20. The molecule has 0 amide bonds. The molecule has 1 aromatic heterocycles. The van der Waals surface area contributed by atoms with Gasteiger partial charge in [-0.1, -0.05) is 12.8 Å². The number of piperidine rings is 1. The Morgan fingerprint density at radius 1 is 1.14 bits per heavy atom. The van der Waals surface area contributed by atoms with Crippen molar-refractivity contribution in [1.29, 1.82) is 0 Å². The van der Waals surface area contributed by atoms with Gasteiger partial charge in [0.1, 0.15) is 0 Å². The van der Waals surface area contributed by atoms with E-state index in [1.165, 1.54) is 18.5 Å². The molecule has 0 bridgehead atoms. The Kier molecular flexibility index (Phi) is 4.93. The molecule has 0 radical (unpaired) electrons. The maximum absolute atomic E-state index is 10.2. The fourth-order valence-corrected chi connectivity index (χ4v) is 3.85. The molecular weight excluding hydrogens is 276 g/mol. The van der Waals surface area contributed by atoms with Gasteiger partial charge in [-0.15, -0.1) is 0 Å². The van der Waals surface area contributed by atoms with Crippen LogP contribution in [0.5, 0.6) is 0 Å². The van der Waals surface area contributed by atoms with E-state index in [0.717, 1.165) is 44.7 Å². The van der Waals surface area contributed by atoms with Crippen molar-refractivity contribution < 1.29 is 5.11 Å². The van der Waals surface area contributed by atoms with E-state index in [1.54, 1.807) is 0 Å². The lowest BCUT2D eigenvalue weighted by Crippen LogP contribution is -2.48. The van der Waals surface area contributed by atoms with Crippen LogP contribution in [-0.2, 0) is 0 Å². The van der Waals surface area contributed by atoms with Crippen molar-refractivity contribution in [3.63, 3.8) is 0 Å². The molecule has 1 aliphatic carbocycles. The van der Waals surface area contributed by atoms with Gasteiger partial charge in [0, 0.05) is 37.9 Å². The number of hydrogen-bond donors (Lipinski definition) is 1. The summed E-state index contributed by atoms with van der Waals surface area (Å²) in [5, 5.41) is 10.2. The minimum absolute atomic E-state index is 0.121. The van der Waals surface area contributed by atoms with Gasteiger partial charge in [0.25, 0.3) is 0 Å². The molecule has 1 aromatic rings. The van der Waals surface area contributed by atoms with Crippen LogP contribution in [0.4, 0.5) is 5.95 Å². The smallest absolute Gasteiger partial charge is 0.224 e. The lowest BCUT2D eigenvalue weighted by atomic mass is 9.87. The largest absolute Gasteiger partial charge is 0.391 e. The summed E-state index contributed by atoms with van der Waals surface area (Å²) in [6, 6.07) is 2.44. The topological polar surface area (TPSA) is 52.5 Å². The summed E-state index contributed by atoms with van der Waals surface area (Å²) < 4.78 is 0. The highest BCUT2D eigenvalue weighted by atomic mass is 16.3. The lowest BCUT2D eigenvalue weighted by Gasteiger charge is -2.41. The quantitative estimate of drug-likeness (QED) is 0.926. The van der Waals surface area contributed by atoms with Gasteiger partial charge in [-0.3, -0.25) is 4.90 Å². The third kappa shape index (κ3) is 3.41. The zero-order valence-electron chi connectivity index (χ0n) is 13.8. The molecule has 5 heteroatoms. The van der Waals surface area contributed by atoms with E-state index < -0.39 is 0 Å². The third-order valence-corrected chi connectivity index (χ3v) is 5.18. The summed E-state index contributed by atoms with van der Waals surface area (Å²) in [5.41, 5.74) is 1.17. The van der Waals surface area contributed by atoms with Gasteiger partial charge in [0.05, 0.1) is 6.10 Å². The average Bonchev–Trinajstić information content (AvgIpc) is 2.56. The Labute approximate surface area is 133 Å². The first kappa shape index (κ1) is 15.7. The molecule has 2 heterocycles. The number of rotatable bonds is 3. The van der Waals surface area contributed by atoms with Crippen LogP contribution < -0.4 is 4.90 Å². The summed E-state index contributed by atoms with van der Waals surface area (Å²) in [6.45, 7) is 2.15. The molecule has 0 aromatic carbocycles. The van der Waals surface area contributed by atoms with Crippen LogP contribution in [0.3, 0.4) is 0 Å². The number of hydrogen-bond acceptors (Lipinski definition) is 5. The molecule has 1 aliphatic heterocycles. The molecule has 122 valence electrons. The predicted octanol–water partition coefficient (Wildman–Crippen LogP) is 2.03. The normalized spacial score (nSPS) is 27.8. The molecule has 1 N–H and O–H groups in total.